The molecule has 0 aliphatic heterocycles. The first-order valence-corrected chi connectivity index (χ1v) is 9.53. The van der Waals surface area contributed by atoms with Crippen molar-refractivity contribution in [2.24, 2.45) is 0 Å². The quantitative estimate of drug-likeness (QED) is 0.678. The number of anilines is 1. The standard InChI is InChI=1S/C17H21N3O6S/c1-10-5-6-14(7-11(10)2)19-15(21)9-25-16(22)8-18-27(23,24)17-12(3)20-26-13(17)4/h5-7,18H,8-9H2,1-4H3,(H,19,21). The molecule has 0 radical (unpaired) electrons. The number of aryl methyl sites for hydroxylation is 4. The zero-order valence-electron chi connectivity index (χ0n) is 15.5. The molecule has 1 heterocycles. The van der Waals surface area contributed by atoms with Crippen LogP contribution in [0.4, 0.5) is 5.69 Å². The van der Waals surface area contributed by atoms with Gasteiger partial charge in [-0.05, 0) is 51.0 Å². The second-order valence-electron chi connectivity index (χ2n) is 5.99. The molecule has 0 saturated carbocycles. The van der Waals surface area contributed by atoms with Crippen molar-refractivity contribution in [3.8, 4) is 0 Å². The van der Waals surface area contributed by atoms with Crippen LogP contribution in [0.1, 0.15) is 22.6 Å². The predicted molar refractivity (Wildman–Crippen MR) is 96.7 cm³/mol. The Morgan fingerprint density at radius 3 is 2.44 bits per heavy atom. The van der Waals surface area contributed by atoms with Gasteiger partial charge in [-0.3, -0.25) is 9.59 Å². The summed E-state index contributed by atoms with van der Waals surface area (Å²) >= 11 is 0. The molecule has 9 nitrogen and oxygen atoms in total. The Hall–Kier alpha value is -2.72. The number of aromatic nitrogens is 1. The summed E-state index contributed by atoms with van der Waals surface area (Å²) in [7, 11) is -3.98. The lowest BCUT2D eigenvalue weighted by Crippen LogP contribution is -2.32. The molecule has 0 saturated heterocycles. The SMILES string of the molecule is Cc1ccc(NC(=O)COC(=O)CNS(=O)(=O)c2c(C)noc2C)cc1C. The topological polar surface area (TPSA) is 128 Å². The molecule has 0 unspecified atom stereocenters. The highest BCUT2D eigenvalue weighted by atomic mass is 32.2. The van der Waals surface area contributed by atoms with Gasteiger partial charge in [0.15, 0.2) is 12.4 Å². The number of esters is 1. The zero-order valence-corrected chi connectivity index (χ0v) is 16.3. The van der Waals surface area contributed by atoms with Crippen LogP contribution >= 0.6 is 0 Å². The maximum atomic E-state index is 12.2. The van der Waals surface area contributed by atoms with Crippen molar-refractivity contribution < 1.29 is 27.3 Å². The molecule has 2 rings (SSSR count). The molecule has 146 valence electrons. The van der Waals surface area contributed by atoms with Crippen molar-refractivity contribution in [3.63, 3.8) is 0 Å². The second-order valence-corrected chi connectivity index (χ2v) is 7.69. The highest BCUT2D eigenvalue weighted by Gasteiger charge is 2.25. The van der Waals surface area contributed by atoms with E-state index in [2.05, 4.69) is 15.2 Å². The average Bonchev–Trinajstić information content (AvgIpc) is 2.94. The summed E-state index contributed by atoms with van der Waals surface area (Å²) in [6.45, 7) is 5.63. The molecule has 0 aliphatic carbocycles. The van der Waals surface area contributed by atoms with Gasteiger partial charge in [-0.15, -0.1) is 0 Å². The molecule has 2 N–H and O–H groups in total. The Morgan fingerprint density at radius 1 is 1.15 bits per heavy atom. The first-order chi connectivity index (χ1) is 12.6. The average molecular weight is 395 g/mol. The minimum atomic E-state index is -3.98. The maximum absolute atomic E-state index is 12.2. The van der Waals surface area contributed by atoms with Gasteiger partial charge in [0.1, 0.15) is 17.1 Å². The van der Waals surface area contributed by atoms with E-state index in [0.717, 1.165) is 11.1 Å². The van der Waals surface area contributed by atoms with E-state index in [-0.39, 0.29) is 16.3 Å². The summed E-state index contributed by atoms with van der Waals surface area (Å²) in [5.74, 6) is -1.30. The Balaban J connectivity index is 1.83. The van der Waals surface area contributed by atoms with Gasteiger partial charge >= 0.3 is 5.97 Å². The van der Waals surface area contributed by atoms with Crippen molar-refractivity contribution in [2.75, 3.05) is 18.5 Å². The molecule has 10 heteroatoms. The summed E-state index contributed by atoms with van der Waals surface area (Å²) in [6, 6.07) is 5.40. The first-order valence-electron chi connectivity index (χ1n) is 8.05. The lowest BCUT2D eigenvalue weighted by Gasteiger charge is -2.09. The van der Waals surface area contributed by atoms with E-state index in [1.54, 1.807) is 12.1 Å². The Kier molecular flexibility index (Phi) is 6.34. The fourth-order valence-corrected chi connectivity index (χ4v) is 3.59. The summed E-state index contributed by atoms with van der Waals surface area (Å²) in [6.07, 6.45) is 0. The molecule has 0 bridgehead atoms. The first kappa shape index (κ1) is 20.6. The van der Waals surface area contributed by atoms with Crippen LogP contribution in [0.5, 0.6) is 0 Å². The fourth-order valence-electron chi connectivity index (χ4n) is 2.30. The number of carbonyl (C=O) groups is 2. The van der Waals surface area contributed by atoms with Gasteiger partial charge in [0.25, 0.3) is 5.91 Å². The number of hydrogen-bond acceptors (Lipinski definition) is 7. The number of rotatable bonds is 7. The Bertz CT molecular complexity index is 946. The molecular weight excluding hydrogens is 374 g/mol. The highest BCUT2D eigenvalue weighted by molar-refractivity contribution is 7.89. The van der Waals surface area contributed by atoms with Crippen LogP contribution in [0.3, 0.4) is 0 Å². The van der Waals surface area contributed by atoms with E-state index < -0.39 is 35.1 Å². The predicted octanol–water partition coefficient (Wildman–Crippen LogP) is 1.37. The van der Waals surface area contributed by atoms with Gasteiger partial charge in [-0.2, -0.15) is 4.72 Å². The molecule has 0 fully saturated rings. The van der Waals surface area contributed by atoms with Crippen molar-refractivity contribution in [2.45, 2.75) is 32.6 Å². The van der Waals surface area contributed by atoms with E-state index >= 15 is 0 Å². The third-order valence-electron chi connectivity index (χ3n) is 3.80. The maximum Gasteiger partial charge on any atom is 0.321 e. The van der Waals surface area contributed by atoms with E-state index in [1.165, 1.54) is 13.8 Å². The van der Waals surface area contributed by atoms with Gasteiger partial charge in [-0.25, -0.2) is 8.42 Å². The van der Waals surface area contributed by atoms with Crippen LogP contribution < -0.4 is 10.0 Å². The molecule has 1 aromatic heterocycles. The number of sulfonamides is 1. The summed E-state index contributed by atoms with van der Waals surface area (Å²) in [5, 5.41) is 6.16. The number of carbonyl (C=O) groups excluding carboxylic acids is 2. The zero-order chi connectivity index (χ0) is 20.2. The molecular formula is C17H21N3O6S. The van der Waals surface area contributed by atoms with Gasteiger partial charge in [0.2, 0.25) is 10.0 Å². The highest BCUT2D eigenvalue weighted by Crippen LogP contribution is 2.18. The van der Waals surface area contributed by atoms with Crippen molar-refractivity contribution in [3.05, 3.63) is 40.8 Å². The molecule has 0 spiro atoms. The number of nitrogens with zero attached hydrogens (tertiary/aromatic N) is 1. The molecule has 0 aliphatic rings. The van der Waals surface area contributed by atoms with Crippen LogP contribution in [-0.4, -0.2) is 38.6 Å². The van der Waals surface area contributed by atoms with E-state index in [9.17, 15) is 18.0 Å². The van der Waals surface area contributed by atoms with Gasteiger partial charge in [0.05, 0.1) is 0 Å². The summed E-state index contributed by atoms with van der Waals surface area (Å²) < 4.78 is 36.0. The minimum Gasteiger partial charge on any atom is -0.455 e. The third kappa shape index (κ3) is 5.38. The Labute approximate surface area is 157 Å². The molecule has 1 aromatic carbocycles. The molecule has 0 atom stereocenters. The van der Waals surface area contributed by atoms with Gasteiger partial charge in [0, 0.05) is 5.69 Å². The largest absolute Gasteiger partial charge is 0.455 e. The molecule has 27 heavy (non-hydrogen) atoms. The van der Waals surface area contributed by atoms with Crippen molar-refractivity contribution in [1.29, 1.82) is 0 Å². The number of ether oxygens (including phenoxy) is 1. The van der Waals surface area contributed by atoms with E-state index in [0.29, 0.717) is 5.69 Å². The number of amides is 1. The lowest BCUT2D eigenvalue weighted by molar-refractivity contribution is -0.146. The summed E-state index contributed by atoms with van der Waals surface area (Å²) in [4.78, 5) is 23.4. The number of nitrogens with one attached hydrogen (secondary N) is 2. The van der Waals surface area contributed by atoms with Crippen molar-refractivity contribution in [1.82, 2.24) is 9.88 Å². The van der Waals surface area contributed by atoms with Crippen LogP contribution in [0.2, 0.25) is 0 Å². The molecule has 1 amide bonds. The smallest absolute Gasteiger partial charge is 0.321 e. The monoisotopic (exact) mass is 395 g/mol. The third-order valence-corrected chi connectivity index (χ3v) is 5.44. The number of benzene rings is 1. The normalized spacial score (nSPS) is 11.3. The minimum absolute atomic E-state index is 0.112. The second kappa shape index (κ2) is 8.31. The lowest BCUT2D eigenvalue weighted by atomic mass is 10.1. The van der Waals surface area contributed by atoms with Crippen LogP contribution in [0, 0.1) is 27.7 Å². The van der Waals surface area contributed by atoms with Gasteiger partial charge in [-0.1, -0.05) is 11.2 Å². The van der Waals surface area contributed by atoms with Crippen LogP contribution in [0.25, 0.3) is 0 Å². The Morgan fingerprint density at radius 2 is 1.85 bits per heavy atom. The fraction of sp³-hybridized carbons (Fsp3) is 0.353. The summed E-state index contributed by atoms with van der Waals surface area (Å²) in [5.41, 5.74) is 2.86. The number of hydrogen-bond donors (Lipinski definition) is 2. The van der Waals surface area contributed by atoms with Crippen LogP contribution in [-0.2, 0) is 24.3 Å². The van der Waals surface area contributed by atoms with Crippen molar-refractivity contribution >= 4 is 27.6 Å². The van der Waals surface area contributed by atoms with Crippen LogP contribution in [0.15, 0.2) is 27.6 Å². The van der Waals surface area contributed by atoms with E-state index in [4.69, 9.17) is 9.26 Å². The molecule has 2 aromatic rings. The van der Waals surface area contributed by atoms with Gasteiger partial charge < -0.3 is 14.6 Å². The van der Waals surface area contributed by atoms with E-state index in [1.807, 2.05) is 19.9 Å².